The van der Waals surface area contributed by atoms with E-state index in [1.54, 1.807) is 6.20 Å². The molecule has 6 heteroatoms. The van der Waals surface area contributed by atoms with Crippen LogP contribution >= 0.6 is 23.2 Å². The van der Waals surface area contributed by atoms with Crippen LogP contribution in [0.4, 0.5) is 17.5 Å². The highest BCUT2D eigenvalue weighted by Gasteiger charge is 2.05. The van der Waals surface area contributed by atoms with Gasteiger partial charge in [0.1, 0.15) is 5.82 Å². The van der Waals surface area contributed by atoms with Gasteiger partial charge in [0.2, 0.25) is 5.95 Å². The lowest BCUT2D eigenvalue weighted by molar-refractivity contribution is 1.08. The van der Waals surface area contributed by atoms with Crippen molar-refractivity contribution in [1.29, 1.82) is 0 Å². The van der Waals surface area contributed by atoms with Crippen LogP contribution in [0.15, 0.2) is 54.7 Å². The molecular formula is C18H16Cl2N4. The lowest BCUT2D eigenvalue weighted by Gasteiger charge is -2.11. The number of benzene rings is 2. The standard InChI is InChI=1S/C18H16Cl2N4/c1-12-14(19)7-4-8-16(12)23-18-21-10-9-17(24-18)22-11-13-5-2-3-6-15(13)20/h2-10H,11H2,1H3,(H2,21,22,23,24). The third-order valence-corrected chi connectivity index (χ3v) is 4.37. The summed E-state index contributed by atoms with van der Waals surface area (Å²) in [6.07, 6.45) is 1.70. The number of halogens is 2. The molecule has 0 spiro atoms. The quantitative estimate of drug-likeness (QED) is 0.636. The highest BCUT2D eigenvalue weighted by Crippen LogP contribution is 2.25. The average Bonchev–Trinajstić information content (AvgIpc) is 2.59. The van der Waals surface area contributed by atoms with Gasteiger partial charge in [-0.3, -0.25) is 0 Å². The third kappa shape index (κ3) is 3.96. The first-order valence-corrected chi connectivity index (χ1v) is 8.21. The van der Waals surface area contributed by atoms with Gasteiger partial charge in [0.05, 0.1) is 0 Å². The van der Waals surface area contributed by atoms with Crippen LogP contribution in [0.5, 0.6) is 0 Å². The fourth-order valence-corrected chi connectivity index (χ4v) is 2.59. The maximum atomic E-state index is 6.16. The smallest absolute Gasteiger partial charge is 0.229 e. The van der Waals surface area contributed by atoms with E-state index in [1.165, 1.54) is 0 Å². The summed E-state index contributed by atoms with van der Waals surface area (Å²) in [6, 6.07) is 15.2. The molecule has 122 valence electrons. The fraction of sp³-hybridized carbons (Fsp3) is 0.111. The molecule has 2 aromatic carbocycles. The van der Waals surface area contributed by atoms with Crippen LogP contribution in [-0.2, 0) is 6.54 Å². The van der Waals surface area contributed by atoms with Crippen LogP contribution < -0.4 is 10.6 Å². The van der Waals surface area contributed by atoms with Gasteiger partial charge in [-0.15, -0.1) is 0 Å². The number of rotatable bonds is 5. The normalized spacial score (nSPS) is 10.5. The average molecular weight is 359 g/mol. The zero-order valence-corrected chi connectivity index (χ0v) is 14.6. The van der Waals surface area contributed by atoms with Crippen molar-refractivity contribution in [3.05, 3.63) is 75.9 Å². The molecular weight excluding hydrogens is 343 g/mol. The second kappa shape index (κ2) is 7.51. The predicted octanol–water partition coefficient (Wildman–Crippen LogP) is 5.45. The molecule has 2 N–H and O–H groups in total. The van der Waals surface area contributed by atoms with Gasteiger partial charge in [0, 0.05) is 28.5 Å². The summed E-state index contributed by atoms with van der Waals surface area (Å²) >= 11 is 12.3. The van der Waals surface area contributed by atoms with Crippen LogP contribution in [0.3, 0.4) is 0 Å². The van der Waals surface area contributed by atoms with Crippen molar-refractivity contribution in [3.8, 4) is 0 Å². The first kappa shape index (κ1) is 16.6. The Morgan fingerprint density at radius 2 is 1.75 bits per heavy atom. The fourth-order valence-electron chi connectivity index (χ4n) is 2.21. The van der Waals surface area contributed by atoms with Gasteiger partial charge in [-0.1, -0.05) is 47.5 Å². The number of aromatic nitrogens is 2. The lowest BCUT2D eigenvalue weighted by Crippen LogP contribution is -2.05. The zero-order chi connectivity index (χ0) is 16.9. The van der Waals surface area contributed by atoms with Gasteiger partial charge >= 0.3 is 0 Å². The van der Waals surface area contributed by atoms with Gasteiger partial charge in [0.25, 0.3) is 0 Å². The molecule has 0 saturated heterocycles. The Morgan fingerprint density at radius 3 is 2.58 bits per heavy atom. The third-order valence-electron chi connectivity index (χ3n) is 3.59. The topological polar surface area (TPSA) is 49.8 Å². The summed E-state index contributed by atoms with van der Waals surface area (Å²) in [6.45, 7) is 2.54. The molecule has 0 aliphatic carbocycles. The summed E-state index contributed by atoms with van der Waals surface area (Å²) in [4.78, 5) is 8.71. The second-order valence-corrected chi connectivity index (χ2v) is 6.06. The molecule has 0 bridgehead atoms. The maximum absolute atomic E-state index is 6.16. The molecule has 4 nitrogen and oxygen atoms in total. The summed E-state index contributed by atoms with van der Waals surface area (Å²) in [5.41, 5.74) is 2.85. The van der Waals surface area contributed by atoms with E-state index in [4.69, 9.17) is 23.2 Å². The molecule has 24 heavy (non-hydrogen) atoms. The van der Waals surface area contributed by atoms with Crippen molar-refractivity contribution in [2.24, 2.45) is 0 Å². The van der Waals surface area contributed by atoms with E-state index in [2.05, 4.69) is 20.6 Å². The van der Waals surface area contributed by atoms with E-state index < -0.39 is 0 Å². The van der Waals surface area contributed by atoms with Crippen molar-refractivity contribution >= 4 is 40.7 Å². The van der Waals surface area contributed by atoms with Gasteiger partial charge in [-0.05, 0) is 42.3 Å². The molecule has 3 aromatic rings. The minimum absolute atomic E-state index is 0.504. The van der Waals surface area contributed by atoms with Crippen molar-refractivity contribution in [2.75, 3.05) is 10.6 Å². The first-order valence-electron chi connectivity index (χ1n) is 7.46. The Morgan fingerprint density at radius 1 is 0.958 bits per heavy atom. The maximum Gasteiger partial charge on any atom is 0.229 e. The molecule has 1 heterocycles. The van der Waals surface area contributed by atoms with Crippen LogP contribution in [0, 0.1) is 6.92 Å². The van der Waals surface area contributed by atoms with Crippen LogP contribution in [0.2, 0.25) is 10.0 Å². The molecule has 0 aliphatic rings. The largest absolute Gasteiger partial charge is 0.366 e. The number of nitrogens with one attached hydrogen (secondary N) is 2. The van der Waals surface area contributed by atoms with E-state index in [1.807, 2.05) is 55.5 Å². The van der Waals surface area contributed by atoms with Gasteiger partial charge in [-0.25, -0.2) is 4.98 Å². The Balaban J connectivity index is 1.72. The van der Waals surface area contributed by atoms with Gasteiger partial charge < -0.3 is 10.6 Å². The Labute approximate surface area is 150 Å². The second-order valence-electron chi connectivity index (χ2n) is 5.25. The van der Waals surface area contributed by atoms with Crippen molar-refractivity contribution < 1.29 is 0 Å². The van der Waals surface area contributed by atoms with E-state index in [9.17, 15) is 0 Å². The van der Waals surface area contributed by atoms with Crippen LogP contribution in [0.25, 0.3) is 0 Å². The van der Waals surface area contributed by atoms with Crippen molar-refractivity contribution in [2.45, 2.75) is 13.5 Å². The van der Waals surface area contributed by atoms with E-state index in [0.717, 1.165) is 21.8 Å². The van der Waals surface area contributed by atoms with Crippen molar-refractivity contribution in [1.82, 2.24) is 9.97 Å². The molecule has 0 atom stereocenters. The molecule has 0 radical (unpaired) electrons. The minimum Gasteiger partial charge on any atom is -0.366 e. The highest BCUT2D eigenvalue weighted by molar-refractivity contribution is 6.31. The minimum atomic E-state index is 0.504. The number of nitrogens with zero attached hydrogens (tertiary/aromatic N) is 2. The summed E-state index contributed by atoms with van der Waals surface area (Å²) < 4.78 is 0. The van der Waals surface area contributed by atoms with E-state index in [-0.39, 0.29) is 0 Å². The monoisotopic (exact) mass is 358 g/mol. The lowest BCUT2D eigenvalue weighted by atomic mass is 10.2. The van der Waals surface area contributed by atoms with Crippen molar-refractivity contribution in [3.63, 3.8) is 0 Å². The summed E-state index contributed by atoms with van der Waals surface area (Å²) in [5, 5.41) is 7.87. The number of hydrogen-bond acceptors (Lipinski definition) is 4. The Kier molecular flexibility index (Phi) is 5.18. The molecule has 0 saturated carbocycles. The molecule has 0 unspecified atom stereocenters. The van der Waals surface area contributed by atoms with Gasteiger partial charge in [0.15, 0.2) is 0 Å². The highest BCUT2D eigenvalue weighted by atomic mass is 35.5. The summed E-state index contributed by atoms with van der Waals surface area (Å²) in [7, 11) is 0. The van der Waals surface area contributed by atoms with E-state index in [0.29, 0.717) is 23.3 Å². The predicted molar refractivity (Wildman–Crippen MR) is 100 cm³/mol. The number of hydrogen-bond donors (Lipinski definition) is 2. The molecule has 0 fully saturated rings. The Hall–Kier alpha value is -2.30. The molecule has 0 amide bonds. The molecule has 3 rings (SSSR count). The molecule has 0 aliphatic heterocycles. The first-order chi connectivity index (χ1) is 11.6. The SMILES string of the molecule is Cc1c(Cl)cccc1Nc1nccc(NCc2ccccc2Cl)n1. The Bertz CT molecular complexity index is 852. The van der Waals surface area contributed by atoms with Crippen LogP contribution in [-0.4, -0.2) is 9.97 Å². The summed E-state index contributed by atoms with van der Waals surface area (Å²) in [5.74, 6) is 1.22. The zero-order valence-electron chi connectivity index (χ0n) is 13.1. The van der Waals surface area contributed by atoms with Crippen LogP contribution in [0.1, 0.15) is 11.1 Å². The number of anilines is 3. The van der Waals surface area contributed by atoms with Gasteiger partial charge in [-0.2, -0.15) is 4.98 Å². The van der Waals surface area contributed by atoms with E-state index >= 15 is 0 Å². The molecule has 1 aromatic heterocycles.